The number of amides is 4. The molecule has 248 valence electrons. The van der Waals surface area contributed by atoms with Gasteiger partial charge in [0.1, 0.15) is 5.54 Å². The predicted molar refractivity (Wildman–Crippen MR) is 171 cm³/mol. The number of ketones is 1. The van der Waals surface area contributed by atoms with Crippen LogP contribution >= 0.6 is 12.4 Å². The fourth-order valence-electron chi connectivity index (χ4n) is 4.95. The van der Waals surface area contributed by atoms with Crippen LogP contribution in [0.25, 0.3) is 0 Å². The zero-order chi connectivity index (χ0) is 33.7. The lowest BCUT2D eigenvalue weighted by Crippen LogP contribution is -2.75. The lowest BCUT2D eigenvalue weighted by atomic mass is 9.89. The third kappa shape index (κ3) is 7.18. The molecule has 1 heterocycles. The third-order valence-corrected chi connectivity index (χ3v) is 6.97. The van der Waals surface area contributed by atoms with E-state index in [0.717, 1.165) is 6.92 Å². The van der Waals surface area contributed by atoms with Crippen LogP contribution in [0.4, 0.5) is 10.5 Å². The number of nitrogens with two attached hydrogens (primary N) is 2. The van der Waals surface area contributed by atoms with Crippen molar-refractivity contribution in [1.29, 1.82) is 0 Å². The summed E-state index contributed by atoms with van der Waals surface area (Å²) in [6, 6.07) is 10.8. The molecule has 14 nitrogen and oxygen atoms in total. The number of carbonyl (C=O) groups is 6. The van der Waals surface area contributed by atoms with Crippen LogP contribution < -0.4 is 21.8 Å². The lowest BCUT2D eigenvalue weighted by molar-refractivity contribution is -0.169. The minimum absolute atomic E-state index is 0. The average Bonchev–Trinajstić information content (AvgIpc) is 3.19. The van der Waals surface area contributed by atoms with E-state index in [9.17, 15) is 28.8 Å². The van der Waals surface area contributed by atoms with Gasteiger partial charge in [0.15, 0.2) is 5.78 Å². The SMILES string of the molecule is CC(=O)[C@@](C(=O)OC(C)C)(N1C(=O)N[C@](C)(c2ccc(C=NN)cc2)C1=O)N(C(=O)[C@@H](N)CC(=O)OC(C)C)c1ccccc1.Cl. The Hall–Kier alpha value is -4.82. The van der Waals surface area contributed by atoms with Crippen molar-refractivity contribution in [3.05, 3.63) is 65.7 Å². The fraction of sp³-hybridized carbons (Fsp3) is 0.387. The quantitative estimate of drug-likeness (QED) is 0.0756. The number of hydrazone groups is 1. The summed E-state index contributed by atoms with van der Waals surface area (Å²) in [4.78, 5) is 84.2. The van der Waals surface area contributed by atoms with Gasteiger partial charge in [-0.05, 0) is 64.8 Å². The molecule has 1 saturated heterocycles. The monoisotopic (exact) mass is 658 g/mol. The van der Waals surface area contributed by atoms with Crippen LogP contribution in [-0.4, -0.2) is 70.6 Å². The zero-order valence-electron chi connectivity index (χ0n) is 26.4. The number of Topliss-reactive ketones (excluding diaryl/α,β-unsaturated/α-hetero) is 1. The van der Waals surface area contributed by atoms with E-state index in [2.05, 4.69) is 10.4 Å². The molecule has 3 atom stereocenters. The van der Waals surface area contributed by atoms with Gasteiger partial charge in [-0.2, -0.15) is 5.10 Å². The highest BCUT2D eigenvalue weighted by Gasteiger charge is 2.67. The van der Waals surface area contributed by atoms with Gasteiger partial charge in [0.05, 0.1) is 30.9 Å². The number of nitrogens with one attached hydrogen (secondary N) is 1. The van der Waals surface area contributed by atoms with Crippen molar-refractivity contribution >= 4 is 59.9 Å². The molecule has 15 heteroatoms. The van der Waals surface area contributed by atoms with E-state index >= 15 is 0 Å². The maximum Gasteiger partial charge on any atom is 0.362 e. The first kappa shape index (κ1) is 37.4. The number of para-hydroxylation sites is 1. The summed E-state index contributed by atoms with van der Waals surface area (Å²) in [5.74, 6) is -0.253. The smallest absolute Gasteiger partial charge is 0.362 e. The maximum atomic E-state index is 14.4. The van der Waals surface area contributed by atoms with Crippen LogP contribution in [0, 0.1) is 0 Å². The minimum Gasteiger partial charge on any atom is -0.463 e. The second kappa shape index (κ2) is 15.0. The van der Waals surface area contributed by atoms with Crippen molar-refractivity contribution in [1.82, 2.24) is 10.2 Å². The normalized spacial score (nSPS) is 18.1. The van der Waals surface area contributed by atoms with Crippen molar-refractivity contribution in [2.45, 2.75) is 77.4 Å². The topological polar surface area (TPSA) is 204 Å². The molecule has 46 heavy (non-hydrogen) atoms. The number of rotatable bonds is 12. The van der Waals surface area contributed by atoms with E-state index in [1.165, 1.54) is 63.4 Å². The van der Waals surface area contributed by atoms with Gasteiger partial charge in [0.2, 0.25) is 5.91 Å². The van der Waals surface area contributed by atoms with E-state index in [1.54, 1.807) is 32.0 Å². The number of urea groups is 1. The van der Waals surface area contributed by atoms with Gasteiger partial charge in [-0.1, -0.05) is 42.5 Å². The number of benzene rings is 2. The highest BCUT2D eigenvalue weighted by molar-refractivity contribution is 6.24. The molecule has 0 spiro atoms. The van der Waals surface area contributed by atoms with Gasteiger partial charge in [-0.25, -0.2) is 14.5 Å². The van der Waals surface area contributed by atoms with Crippen molar-refractivity contribution in [2.24, 2.45) is 16.7 Å². The van der Waals surface area contributed by atoms with E-state index in [-0.39, 0.29) is 23.7 Å². The molecule has 1 aliphatic heterocycles. The van der Waals surface area contributed by atoms with E-state index in [1.807, 2.05) is 0 Å². The van der Waals surface area contributed by atoms with E-state index < -0.39 is 71.4 Å². The summed E-state index contributed by atoms with van der Waals surface area (Å²) in [5, 5.41) is 6.03. The van der Waals surface area contributed by atoms with Crippen LogP contribution in [0.3, 0.4) is 0 Å². The summed E-state index contributed by atoms with van der Waals surface area (Å²) >= 11 is 0. The van der Waals surface area contributed by atoms with Gasteiger partial charge < -0.3 is 26.4 Å². The molecule has 5 N–H and O–H groups in total. The number of ether oxygens (including phenoxy) is 2. The molecule has 0 aromatic heterocycles. The zero-order valence-corrected chi connectivity index (χ0v) is 27.2. The average molecular weight is 659 g/mol. The summed E-state index contributed by atoms with van der Waals surface area (Å²) in [5.41, 5.74) is 2.19. The molecule has 0 aliphatic carbocycles. The van der Waals surface area contributed by atoms with Crippen molar-refractivity contribution in [3.8, 4) is 0 Å². The Bertz CT molecular complexity index is 1500. The van der Waals surface area contributed by atoms with Gasteiger partial charge in [0.25, 0.3) is 11.6 Å². The number of halogens is 1. The molecule has 0 saturated carbocycles. The Labute approximate surface area is 272 Å². The Morgan fingerprint density at radius 2 is 1.57 bits per heavy atom. The van der Waals surface area contributed by atoms with Gasteiger partial charge >= 0.3 is 18.0 Å². The molecule has 0 unspecified atom stereocenters. The molecular weight excluding hydrogens is 620 g/mol. The second-order valence-electron chi connectivity index (χ2n) is 11.1. The molecular formula is C31H39ClN6O8. The van der Waals surface area contributed by atoms with Gasteiger partial charge in [0, 0.05) is 5.69 Å². The number of esters is 2. The van der Waals surface area contributed by atoms with Crippen LogP contribution in [0.1, 0.15) is 59.1 Å². The first-order chi connectivity index (χ1) is 21.1. The predicted octanol–water partition coefficient (Wildman–Crippen LogP) is 2.11. The Balaban J connectivity index is 0.00000736. The Morgan fingerprint density at radius 3 is 2.07 bits per heavy atom. The van der Waals surface area contributed by atoms with Crippen LogP contribution in [0.15, 0.2) is 59.7 Å². The van der Waals surface area contributed by atoms with Gasteiger partial charge in [-0.15, -0.1) is 12.4 Å². The fourth-order valence-corrected chi connectivity index (χ4v) is 4.95. The second-order valence-corrected chi connectivity index (χ2v) is 11.1. The number of hydrogen-bond acceptors (Lipinski definition) is 11. The van der Waals surface area contributed by atoms with Crippen molar-refractivity contribution in [3.63, 3.8) is 0 Å². The molecule has 2 aromatic carbocycles. The molecule has 1 fully saturated rings. The molecule has 0 bridgehead atoms. The molecule has 1 aliphatic rings. The summed E-state index contributed by atoms with van der Waals surface area (Å²) in [6.45, 7) is 8.54. The first-order valence-corrected chi connectivity index (χ1v) is 14.2. The largest absolute Gasteiger partial charge is 0.463 e. The minimum atomic E-state index is -3.02. The highest BCUT2D eigenvalue weighted by atomic mass is 35.5. The molecule has 2 aromatic rings. The summed E-state index contributed by atoms with van der Waals surface area (Å²) in [6.07, 6.45) is -0.617. The first-order valence-electron chi connectivity index (χ1n) is 14.2. The number of hydrogen-bond donors (Lipinski definition) is 3. The van der Waals surface area contributed by atoms with Gasteiger partial charge in [-0.3, -0.25) is 24.1 Å². The summed E-state index contributed by atoms with van der Waals surface area (Å²) < 4.78 is 10.6. The molecule has 0 radical (unpaired) electrons. The van der Waals surface area contributed by atoms with Crippen LogP contribution in [0.5, 0.6) is 0 Å². The van der Waals surface area contributed by atoms with Crippen LogP contribution in [-0.2, 0) is 39.0 Å². The Morgan fingerprint density at radius 1 is 1.00 bits per heavy atom. The number of anilines is 1. The Kier molecular flexibility index (Phi) is 12.2. The molecule has 4 amide bonds. The standard InChI is InChI=1S/C31H38N6O8.ClH/c1-18(2)44-25(39)16-24(32)26(40)36(23-10-8-7-9-11-23)31(20(5)38,28(42)45-19(3)4)37-27(41)30(6,35-29(37)43)22-14-12-21(13-15-22)17-34-33;/h7-15,17-19,24H,16,32-33H2,1-6H3,(H,35,43);1H/t24-,30+,31-;/m0./s1. The number of nitrogens with zero attached hydrogens (tertiary/aromatic N) is 3. The van der Waals surface area contributed by atoms with Crippen molar-refractivity contribution < 1.29 is 38.2 Å². The molecule has 3 rings (SSSR count). The lowest BCUT2D eigenvalue weighted by Gasteiger charge is -2.44. The third-order valence-electron chi connectivity index (χ3n) is 6.97. The van der Waals surface area contributed by atoms with Crippen LogP contribution in [0.2, 0.25) is 0 Å². The number of carbonyl (C=O) groups excluding carboxylic acids is 6. The van der Waals surface area contributed by atoms with E-state index in [0.29, 0.717) is 15.4 Å². The number of imide groups is 1. The highest BCUT2D eigenvalue weighted by Crippen LogP contribution is 2.39. The summed E-state index contributed by atoms with van der Waals surface area (Å²) in [7, 11) is 0. The van der Waals surface area contributed by atoms with E-state index in [4.69, 9.17) is 21.1 Å². The van der Waals surface area contributed by atoms with Crippen molar-refractivity contribution in [2.75, 3.05) is 4.90 Å². The maximum absolute atomic E-state index is 14.4.